The molecule has 0 unspecified atom stereocenters. The Bertz CT molecular complexity index is 726. The van der Waals surface area contributed by atoms with Gasteiger partial charge < -0.3 is 5.32 Å². The quantitative estimate of drug-likeness (QED) is 0.778. The summed E-state index contributed by atoms with van der Waals surface area (Å²) in [7, 11) is 0. The summed E-state index contributed by atoms with van der Waals surface area (Å²) >= 11 is 5.89. The molecule has 21 heavy (non-hydrogen) atoms. The van der Waals surface area contributed by atoms with Crippen LogP contribution in [0, 0.1) is 6.92 Å². The highest BCUT2D eigenvalue weighted by Gasteiger charge is 2.07. The smallest absolute Gasteiger partial charge is 0.258 e. The SMILES string of the molecule is Cc1ccc(CNc2nc(Cl)nc(-n3cncn3)n2)cn1. The Hall–Kier alpha value is -2.61. The lowest BCUT2D eigenvalue weighted by Crippen LogP contribution is -2.09. The van der Waals surface area contributed by atoms with Crippen LogP contribution < -0.4 is 5.32 Å². The van der Waals surface area contributed by atoms with Crippen molar-refractivity contribution in [1.29, 1.82) is 0 Å². The molecule has 3 aromatic rings. The van der Waals surface area contributed by atoms with E-state index in [2.05, 4.69) is 35.3 Å². The molecule has 3 aromatic heterocycles. The number of anilines is 1. The molecule has 0 atom stereocenters. The average Bonchev–Trinajstić information content (AvgIpc) is 3.00. The Morgan fingerprint density at radius 2 is 2.14 bits per heavy atom. The molecule has 106 valence electrons. The van der Waals surface area contributed by atoms with Gasteiger partial charge in [-0.3, -0.25) is 4.98 Å². The van der Waals surface area contributed by atoms with E-state index in [1.807, 2.05) is 19.1 Å². The molecular weight excluding hydrogens is 292 g/mol. The molecule has 0 bridgehead atoms. The van der Waals surface area contributed by atoms with Crippen LogP contribution in [-0.4, -0.2) is 34.7 Å². The number of pyridine rings is 1. The molecule has 0 fully saturated rings. The number of nitrogens with one attached hydrogen (secondary N) is 1. The van der Waals surface area contributed by atoms with Gasteiger partial charge in [-0.1, -0.05) is 6.07 Å². The second-order valence-corrected chi connectivity index (χ2v) is 4.57. The lowest BCUT2D eigenvalue weighted by Gasteiger charge is -2.06. The summed E-state index contributed by atoms with van der Waals surface area (Å²) in [6, 6.07) is 3.93. The Kier molecular flexibility index (Phi) is 3.69. The predicted molar refractivity (Wildman–Crippen MR) is 76.1 cm³/mol. The lowest BCUT2D eigenvalue weighted by molar-refractivity contribution is 0.793. The molecule has 0 amide bonds. The van der Waals surface area contributed by atoms with E-state index in [1.54, 1.807) is 6.20 Å². The average molecular weight is 303 g/mol. The second-order valence-electron chi connectivity index (χ2n) is 4.23. The van der Waals surface area contributed by atoms with Crippen molar-refractivity contribution in [1.82, 2.24) is 34.7 Å². The molecular formula is C12H11ClN8. The summed E-state index contributed by atoms with van der Waals surface area (Å²) < 4.78 is 1.41. The van der Waals surface area contributed by atoms with Gasteiger partial charge in [0.2, 0.25) is 11.2 Å². The summed E-state index contributed by atoms with van der Waals surface area (Å²) in [6.45, 7) is 2.47. The topological polar surface area (TPSA) is 94.3 Å². The van der Waals surface area contributed by atoms with Crippen LogP contribution in [0.5, 0.6) is 0 Å². The van der Waals surface area contributed by atoms with Crippen LogP contribution in [0.1, 0.15) is 11.3 Å². The largest absolute Gasteiger partial charge is 0.350 e. The number of hydrogen-bond acceptors (Lipinski definition) is 7. The fourth-order valence-corrected chi connectivity index (χ4v) is 1.77. The summed E-state index contributed by atoms with van der Waals surface area (Å²) in [6.07, 6.45) is 4.67. The van der Waals surface area contributed by atoms with Crippen molar-refractivity contribution in [3.8, 4) is 5.95 Å². The first-order chi connectivity index (χ1) is 10.2. The highest BCUT2D eigenvalue weighted by molar-refractivity contribution is 6.28. The van der Waals surface area contributed by atoms with E-state index >= 15 is 0 Å². The zero-order valence-corrected chi connectivity index (χ0v) is 11.9. The maximum absolute atomic E-state index is 5.89. The van der Waals surface area contributed by atoms with Crippen LogP contribution in [0.3, 0.4) is 0 Å². The van der Waals surface area contributed by atoms with Crippen LogP contribution in [-0.2, 0) is 6.54 Å². The molecule has 0 aliphatic heterocycles. The van der Waals surface area contributed by atoms with Crippen molar-refractivity contribution in [2.45, 2.75) is 13.5 Å². The molecule has 0 saturated carbocycles. The van der Waals surface area contributed by atoms with Gasteiger partial charge in [-0.25, -0.2) is 4.98 Å². The third-order valence-electron chi connectivity index (χ3n) is 2.64. The Labute approximate surface area is 125 Å². The molecule has 0 spiro atoms. The standard InChI is InChI=1S/C12H11ClN8/c1-8-2-3-9(4-15-8)5-16-11-18-10(13)19-12(20-11)21-7-14-6-17-21/h2-4,6-7H,5H2,1H3,(H,16,18,19,20). The first-order valence-corrected chi connectivity index (χ1v) is 6.50. The maximum atomic E-state index is 5.89. The van der Waals surface area contributed by atoms with Crippen molar-refractivity contribution < 1.29 is 0 Å². The minimum Gasteiger partial charge on any atom is -0.350 e. The zero-order valence-electron chi connectivity index (χ0n) is 11.1. The van der Waals surface area contributed by atoms with Gasteiger partial charge in [0.1, 0.15) is 12.7 Å². The number of aryl methyl sites for hydroxylation is 1. The third kappa shape index (κ3) is 3.29. The van der Waals surface area contributed by atoms with Gasteiger partial charge in [0.05, 0.1) is 0 Å². The Balaban J connectivity index is 1.78. The van der Waals surface area contributed by atoms with Crippen molar-refractivity contribution in [3.63, 3.8) is 0 Å². The van der Waals surface area contributed by atoms with Crippen LogP contribution in [0.15, 0.2) is 31.0 Å². The molecule has 8 nitrogen and oxygen atoms in total. The lowest BCUT2D eigenvalue weighted by atomic mass is 10.2. The molecule has 1 N–H and O–H groups in total. The predicted octanol–water partition coefficient (Wildman–Crippen LogP) is 1.42. The number of nitrogens with zero attached hydrogens (tertiary/aromatic N) is 7. The van der Waals surface area contributed by atoms with Gasteiger partial charge in [0, 0.05) is 18.4 Å². The normalized spacial score (nSPS) is 10.6. The van der Waals surface area contributed by atoms with E-state index < -0.39 is 0 Å². The van der Waals surface area contributed by atoms with Gasteiger partial charge in [-0.15, -0.1) is 0 Å². The second kappa shape index (κ2) is 5.80. The summed E-state index contributed by atoms with van der Waals surface area (Å²) in [4.78, 5) is 20.3. The molecule has 0 aliphatic rings. The number of aromatic nitrogens is 7. The monoisotopic (exact) mass is 302 g/mol. The van der Waals surface area contributed by atoms with Crippen LogP contribution >= 0.6 is 11.6 Å². The van der Waals surface area contributed by atoms with Gasteiger partial charge in [0.15, 0.2) is 0 Å². The van der Waals surface area contributed by atoms with E-state index in [1.165, 1.54) is 17.3 Å². The minimum absolute atomic E-state index is 0.0834. The Morgan fingerprint density at radius 3 is 2.86 bits per heavy atom. The van der Waals surface area contributed by atoms with Gasteiger partial charge in [-0.2, -0.15) is 24.7 Å². The van der Waals surface area contributed by atoms with Gasteiger partial charge in [0.25, 0.3) is 5.95 Å². The number of rotatable bonds is 4. The number of hydrogen-bond donors (Lipinski definition) is 1. The Morgan fingerprint density at radius 1 is 1.24 bits per heavy atom. The van der Waals surface area contributed by atoms with Crippen LogP contribution in [0.25, 0.3) is 5.95 Å². The van der Waals surface area contributed by atoms with Crippen molar-refractivity contribution in [2.75, 3.05) is 5.32 Å². The van der Waals surface area contributed by atoms with E-state index in [0.717, 1.165) is 11.3 Å². The summed E-state index contributed by atoms with van der Waals surface area (Å²) in [5, 5.41) is 7.11. The first-order valence-electron chi connectivity index (χ1n) is 6.13. The summed E-state index contributed by atoms with van der Waals surface area (Å²) in [5.74, 6) is 0.665. The molecule has 0 saturated heterocycles. The maximum Gasteiger partial charge on any atom is 0.258 e. The molecule has 3 heterocycles. The number of halogens is 1. The van der Waals surface area contributed by atoms with Gasteiger partial charge >= 0.3 is 0 Å². The van der Waals surface area contributed by atoms with Crippen LogP contribution in [0.2, 0.25) is 5.28 Å². The van der Waals surface area contributed by atoms with Crippen molar-refractivity contribution in [3.05, 3.63) is 47.5 Å². The third-order valence-corrected chi connectivity index (χ3v) is 2.81. The van der Waals surface area contributed by atoms with E-state index in [4.69, 9.17) is 11.6 Å². The fraction of sp³-hybridized carbons (Fsp3) is 0.167. The van der Waals surface area contributed by atoms with Gasteiger partial charge in [-0.05, 0) is 30.2 Å². The van der Waals surface area contributed by atoms with Crippen LogP contribution in [0.4, 0.5) is 5.95 Å². The highest BCUT2D eigenvalue weighted by Crippen LogP contribution is 2.10. The zero-order chi connectivity index (χ0) is 14.7. The fourth-order valence-electron chi connectivity index (χ4n) is 1.62. The summed E-state index contributed by atoms with van der Waals surface area (Å²) in [5.41, 5.74) is 1.98. The molecule has 3 rings (SSSR count). The first kappa shape index (κ1) is 13.4. The van der Waals surface area contributed by atoms with E-state index in [9.17, 15) is 0 Å². The highest BCUT2D eigenvalue weighted by atomic mass is 35.5. The van der Waals surface area contributed by atoms with Crippen molar-refractivity contribution >= 4 is 17.5 Å². The molecule has 0 radical (unpaired) electrons. The molecule has 0 aliphatic carbocycles. The molecule has 0 aromatic carbocycles. The van der Waals surface area contributed by atoms with E-state index in [-0.39, 0.29) is 5.28 Å². The molecule has 9 heteroatoms. The van der Waals surface area contributed by atoms with Crippen molar-refractivity contribution in [2.24, 2.45) is 0 Å². The van der Waals surface area contributed by atoms with E-state index in [0.29, 0.717) is 18.4 Å². The minimum atomic E-state index is 0.0834.